The van der Waals surface area contributed by atoms with Crippen molar-refractivity contribution in [3.63, 3.8) is 0 Å². The lowest BCUT2D eigenvalue weighted by atomic mass is 9.89. The minimum absolute atomic E-state index is 0.0444. The molecule has 2 aromatic rings. The van der Waals surface area contributed by atoms with Gasteiger partial charge in [-0.1, -0.05) is 43.5 Å². The van der Waals surface area contributed by atoms with Gasteiger partial charge in [0, 0.05) is 17.1 Å². The number of hydrogen-bond donors (Lipinski definition) is 2. The van der Waals surface area contributed by atoms with Gasteiger partial charge in [0.1, 0.15) is 0 Å². The predicted molar refractivity (Wildman–Crippen MR) is 128 cm³/mol. The normalized spacial score (nSPS) is 16.4. The largest absolute Gasteiger partial charge is 0.355 e. The van der Waals surface area contributed by atoms with Crippen molar-refractivity contribution in [1.29, 1.82) is 0 Å². The van der Waals surface area contributed by atoms with Crippen LogP contribution in [-0.2, 0) is 17.6 Å². The number of anilines is 1. The van der Waals surface area contributed by atoms with Crippen LogP contribution >= 0.6 is 11.8 Å². The van der Waals surface area contributed by atoms with Gasteiger partial charge in [0.05, 0.1) is 11.3 Å². The van der Waals surface area contributed by atoms with Crippen molar-refractivity contribution in [2.45, 2.75) is 62.7 Å². The fourth-order valence-electron chi connectivity index (χ4n) is 4.71. The van der Waals surface area contributed by atoms with E-state index in [4.69, 9.17) is 0 Å². The van der Waals surface area contributed by atoms with E-state index in [0.717, 1.165) is 30.0 Å². The van der Waals surface area contributed by atoms with E-state index in [1.165, 1.54) is 67.8 Å². The molecule has 0 unspecified atom stereocenters. The van der Waals surface area contributed by atoms with Crippen LogP contribution in [0.15, 0.2) is 47.4 Å². The highest BCUT2D eigenvalue weighted by Gasteiger charge is 2.18. The first kappa shape index (κ1) is 21.9. The summed E-state index contributed by atoms with van der Waals surface area (Å²) in [6, 6.07) is 13.8. The van der Waals surface area contributed by atoms with Gasteiger partial charge in [0.2, 0.25) is 5.91 Å². The minimum atomic E-state index is -0.107. The minimum Gasteiger partial charge on any atom is -0.355 e. The lowest BCUT2D eigenvalue weighted by molar-refractivity contribution is -0.118. The van der Waals surface area contributed by atoms with Gasteiger partial charge in [-0.2, -0.15) is 0 Å². The molecule has 0 bridgehead atoms. The monoisotopic (exact) mass is 436 g/mol. The van der Waals surface area contributed by atoms with Crippen LogP contribution in [0.3, 0.4) is 0 Å². The van der Waals surface area contributed by atoms with Crippen LogP contribution in [0.4, 0.5) is 5.69 Å². The molecule has 2 amide bonds. The van der Waals surface area contributed by atoms with Crippen LogP contribution in [0, 0.1) is 5.92 Å². The second-order valence-corrected chi connectivity index (χ2v) is 9.71. The number of fused-ring (bicyclic) bond motifs is 1. The Morgan fingerprint density at radius 2 is 1.71 bits per heavy atom. The van der Waals surface area contributed by atoms with Crippen molar-refractivity contribution in [2.75, 3.05) is 17.6 Å². The highest BCUT2D eigenvalue weighted by atomic mass is 32.2. The first-order valence-electron chi connectivity index (χ1n) is 11.6. The molecule has 0 aliphatic heterocycles. The molecule has 0 heterocycles. The fourth-order valence-corrected chi connectivity index (χ4v) is 5.59. The Morgan fingerprint density at radius 3 is 2.58 bits per heavy atom. The highest BCUT2D eigenvalue weighted by Crippen LogP contribution is 2.29. The van der Waals surface area contributed by atoms with Crippen LogP contribution in [0.25, 0.3) is 0 Å². The van der Waals surface area contributed by atoms with Crippen molar-refractivity contribution >= 4 is 29.3 Å². The Morgan fingerprint density at radius 1 is 0.903 bits per heavy atom. The summed E-state index contributed by atoms with van der Waals surface area (Å²) in [6.45, 7) is 0.778. The lowest BCUT2D eigenvalue weighted by Gasteiger charge is -2.21. The SMILES string of the molecule is O=C(CSc1ccccc1C(=O)Nc1cccc2c1CCCC2)NCC1CCCCC1. The van der Waals surface area contributed by atoms with Gasteiger partial charge in [0.25, 0.3) is 5.91 Å². The van der Waals surface area contributed by atoms with Gasteiger partial charge in [-0.3, -0.25) is 9.59 Å². The van der Waals surface area contributed by atoms with Crippen LogP contribution in [0.2, 0.25) is 0 Å². The zero-order chi connectivity index (χ0) is 21.5. The van der Waals surface area contributed by atoms with E-state index in [0.29, 0.717) is 17.2 Å². The number of aryl methyl sites for hydroxylation is 1. The third kappa shape index (κ3) is 5.91. The molecule has 2 N–H and O–H groups in total. The first-order chi connectivity index (χ1) is 15.2. The summed E-state index contributed by atoms with van der Waals surface area (Å²) < 4.78 is 0. The number of nitrogens with one attached hydrogen (secondary N) is 2. The van der Waals surface area contributed by atoms with Crippen LogP contribution in [0.1, 0.15) is 66.4 Å². The first-order valence-corrected chi connectivity index (χ1v) is 12.6. The molecule has 2 aromatic carbocycles. The molecule has 2 aliphatic rings. The van der Waals surface area contributed by atoms with Gasteiger partial charge in [-0.15, -0.1) is 11.8 Å². The summed E-state index contributed by atoms with van der Waals surface area (Å²) in [5.41, 5.74) is 4.17. The second kappa shape index (κ2) is 10.9. The maximum absolute atomic E-state index is 13.1. The van der Waals surface area contributed by atoms with Gasteiger partial charge < -0.3 is 10.6 Å². The number of hydrogen-bond acceptors (Lipinski definition) is 3. The molecule has 164 valence electrons. The average molecular weight is 437 g/mol. The lowest BCUT2D eigenvalue weighted by Crippen LogP contribution is -2.31. The van der Waals surface area contributed by atoms with Gasteiger partial charge >= 0.3 is 0 Å². The van der Waals surface area contributed by atoms with Crippen molar-refractivity contribution in [3.05, 3.63) is 59.2 Å². The number of rotatable bonds is 7. The number of carbonyl (C=O) groups is 2. The standard InChI is InChI=1S/C26H32N2O2S/c29-25(27-17-19-9-2-1-3-10-19)18-31-24-16-7-6-14-22(24)26(30)28-23-15-8-12-20-11-4-5-13-21(20)23/h6-8,12,14-16,19H,1-5,9-11,13,17-18H2,(H,27,29)(H,28,30). The zero-order valence-electron chi connectivity index (χ0n) is 18.1. The van der Waals surface area contributed by atoms with Crippen molar-refractivity contribution in [3.8, 4) is 0 Å². The second-order valence-electron chi connectivity index (χ2n) is 8.70. The van der Waals surface area contributed by atoms with Gasteiger partial charge in [0.15, 0.2) is 0 Å². The molecule has 0 spiro atoms. The van der Waals surface area contributed by atoms with E-state index >= 15 is 0 Å². The number of amides is 2. The molecule has 0 radical (unpaired) electrons. The quantitative estimate of drug-likeness (QED) is 0.555. The Hall–Kier alpha value is -2.27. The Labute approximate surface area is 189 Å². The van der Waals surface area contributed by atoms with Crippen molar-refractivity contribution in [1.82, 2.24) is 5.32 Å². The van der Waals surface area contributed by atoms with E-state index < -0.39 is 0 Å². The molecule has 5 heteroatoms. The number of benzene rings is 2. The fraction of sp³-hybridized carbons (Fsp3) is 0.462. The van der Waals surface area contributed by atoms with E-state index in [1.54, 1.807) is 0 Å². The molecule has 2 aliphatic carbocycles. The van der Waals surface area contributed by atoms with Crippen molar-refractivity contribution in [2.24, 2.45) is 5.92 Å². The number of carbonyl (C=O) groups excluding carboxylic acids is 2. The zero-order valence-corrected chi connectivity index (χ0v) is 18.9. The maximum Gasteiger partial charge on any atom is 0.256 e. The molecule has 1 saturated carbocycles. The van der Waals surface area contributed by atoms with E-state index in [-0.39, 0.29) is 11.8 Å². The maximum atomic E-state index is 13.1. The predicted octanol–water partition coefficient (Wildman–Crippen LogP) is 5.61. The Balaban J connectivity index is 1.36. The Bertz CT molecular complexity index is 921. The Kier molecular flexibility index (Phi) is 7.68. The summed E-state index contributed by atoms with van der Waals surface area (Å²) in [4.78, 5) is 26.3. The highest BCUT2D eigenvalue weighted by molar-refractivity contribution is 8.00. The molecule has 31 heavy (non-hydrogen) atoms. The van der Waals surface area contributed by atoms with Gasteiger partial charge in [-0.25, -0.2) is 0 Å². The molecule has 0 atom stereocenters. The van der Waals surface area contributed by atoms with Crippen LogP contribution in [-0.4, -0.2) is 24.1 Å². The van der Waals surface area contributed by atoms with Crippen LogP contribution in [0.5, 0.6) is 0 Å². The molecular weight excluding hydrogens is 404 g/mol. The average Bonchev–Trinajstić information content (AvgIpc) is 2.82. The van der Waals surface area contributed by atoms with E-state index in [9.17, 15) is 9.59 Å². The smallest absolute Gasteiger partial charge is 0.256 e. The van der Waals surface area contributed by atoms with Gasteiger partial charge in [-0.05, 0) is 73.8 Å². The van der Waals surface area contributed by atoms with Crippen LogP contribution < -0.4 is 10.6 Å². The third-order valence-electron chi connectivity index (χ3n) is 6.45. The summed E-state index contributed by atoms with van der Waals surface area (Å²) in [6.07, 6.45) is 10.8. The summed E-state index contributed by atoms with van der Waals surface area (Å²) in [5.74, 6) is 0.891. The molecule has 0 aromatic heterocycles. The number of thioether (sulfide) groups is 1. The molecule has 0 saturated heterocycles. The topological polar surface area (TPSA) is 58.2 Å². The van der Waals surface area contributed by atoms with E-state index in [1.807, 2.05) is 36.4 Å². The summed E-state index contributed by atoms with van der Waals surface area (Å²) >= 11 is 1.44. The molecule has 4 rings (SSSR count). The molecule has 4 nitrogen and oxygen atoms in total. The van der Waals surface area contributed by atoms with Crippen molar-refractivity contribution < 1.29 is 9.59 Å². The third-order valence-corrected chi connectivity index (χ3v) is 7.52. The van der Waals surface area contributed by atoms with E-state index in [2.05, 4.69) is 16.7 Å². The summed E-state index contributed by atoms with van der Waals surface area (Å²) in [7, 11) is 0. The molecule has 1 fully saturated rings. The summed E-state index contributed by atoms with van der Waals surface area (Å²) in [5, 5.41) is 6.21. The molecular formula is C26H32N2O2S.